The van der Waals surface area contributed by atoms with Gasteiger partial charge in [0, 0.05) is 21.6 Å². The summed E-state index contributed by atoms with van der Waals surface area (Å²) >= 11 is 9.53. The van der Waals surface area contributed by atoms with Crippen LogP contribution < -0.4 is 21.1 Å². The van der Waals surface area contributed by atoms with Crippen LogP contribution in [0.25, 0.3) is 10.9 Å². The number of amides is 1. The summed E-state index contributed by atoms with van der Waals surface area (Å²) in [5.74, 6) is 0.890. The first-order valence-electron chi connectivity index (χ1n) is 9.07. The highest BCUT2D eigenvalue weighted by Crippen LogP contribution is 2.32. The van der Waals surface area contributed by atoms with Crippen molar-refractivity contribution < 1.29 is 9.53 Å². The zero-order valence-electron chi connectivity index (χ0n) is 16.5. The number of fused-ring (bicyclic) bond motifs is 1. The number of hydrogen-bond donors (Lipinski definition) is 2. The number of rotatable bonds is 8. The number of likely N-dealkylation sites (N-methyl/N-ethyl adjacent to an activating group) is 1. The maximum absolute atomic E-state index is 11.6. The van der Waals surface area contributed by atoms with Gasteiger partial charge in [-0.3, -0.25) is 4.79 Å². The molecule has 2 aromatic carbocycles. The van der Waals surface area contributed by atoms with Gasteiger partial charge in [0.2, 0.25) is 0 Å². The molecule has 1 heterocycles. The van der Waals surface area contributed by atoms with Gasteiger partial charge in [-0.25, -0.2) is 15.3 Å². The molecule has 0 spiro atoms. The minimum absolute atomic E-state index is 0.188. The van der Waals surface area contributed by atoms with Crippen LogP contribution in [-0.4, -0.2) is 54.6 Å². The van der Waals surface area contributed by atoms with Gasteiger partial charge in [-0.1, -0.05) is 11.6 Å². The maximum Gasteiger partial charge on any atom is 0.255 e. The average Bonchev–Trinajstić information content (AvgIpc) is 2.68. The van der Waals surface area contributed by atoms with Crippen molar-refractivity contribution >= 4 is 61.5 Å². The standard InChI is InChI=1S/C20H21BrClN6O2/c1-28(2)10-19(29)24-5-6-30-18-9-17-13(8-16(18)23)20(26-11-25-17)27-12-3-4-14(21)15(22)7-12/h3-4,7-9,11H,5-6,10,23H2,1-2H3,(H,25,26,27). The molecule has 3 aromatic rings. The number of carbonyl (C=O) groups excluding carboxylic acids is 1. The Labute approximate surface area is 187 Å². The van der Waals surface area contributed by atoms with Gasteiger partial charge in [0.1, 0.15) is 24.5 Å². The molecule has 1 radical (unpaired) electrons. The van der Waals surface area contributed by atoms with E-state index in [1.165, 1.54) is 6.33 Å². The molecule has 10 heteroatoms. The van der Waals surface area contributed by atoms with Crippen LogP contribution in [0.3, 0.4) is 0 Å². The number of nitrogens with one attached hydrogen (secondary N) is 1. The quantitative estimate of drug-likeness (QED) is 0.366. The van der Waals surface area contributed by atoms with E-state index in [4.69, 9.17) is 22.1 Å². The molecule has 0 aliphatic rings. The van der Waals surface area contributed by atoms with Crippen LogP contribution in [0.4, 0.5) is 17.2 Å². The van der Waals surface area contributed by atoms with Gasteiger partial charge in [-0.15, -0.1) is 0 Å². The Morgan fingerprint density at radius 2 is 2.10 bits per heavy atom. The topological polar surface area (TPSA) is 107 Å². The van der Waals surface area contributed by atoms with Crippen LogP contribution in [0.2, 0.25) is 5.02 Å². The minimum Gasteiger partial charge on any atom is -0.489 e. The highest BCUT2D eigenvalue weighted by molar-refractivity contribution is 9.10. The van der Waals surface area contributed by atoms with Gasteiger partial charge in [0.05, 0.1) is 29.3 Å². The lowest BCUT2D eigenvalue weighted by atomic mass is 10.2. The number of aromatic nitrogens is 2. The lowest BCUT2D eigenvalue weighted by molar-refractivity contribution is -0.122. The zero-order valence-corrected chi connectivity index (χ0v) is 18.9. The monoisotopic (exact) mass is 491 g/mol. The van der Waals surface area contributed by atoms with Crippen molar-refractivity contribution in [2.24, 2.45) is 0 Å². The lowest BCUT2D eigenvalue weighted by Gasteiger charge is -2.13. The number of nitrogens with zero attached hydrogens (tertiary/aromatic N) is 4. The number of ether oxygens (including phenoxy) is 1. The van der Waals surface area contributed by atoms with Crippen LogP contribution in [-0.2, 0) is 4.79 Å². The Morgan fingerprint density at radius 3 is 2.83 bits per heavy atom. The third-order valence-corrected chi connectivity index (χ3v) is 5.27. The summed E-state index contributed by atoms with van der Waals surface area (Å²) in [6.45, 7) is 0.766. The largest absolute Gasteiger partial charge is 0.489 e. The Morgan fingerprint density at radius 1 is 1.30 bits per heavy atom. The second-order valence-corrected chi connectivity index (χ2v) is 8.01. The molecule has 0 aliphatic heterocycles. The SMILES string of the molecule is CN(C)CC(=O)[N]CCOc1cc2ncnc(Nc3ccc(Br)c(Cl)c3)c2cc1N. The molecule has 0 unspecified atom stereocenters. The summed E-state index contributed by atoms with van der Waals surface area (Å²) in [5, 5.41) is 8.51. The Hall–Kier alpha value is -2.62. The van der Waals surface area contributed by atoms with Crippen molar-refractivity contribution in [3.05, 3.63) is 46.2 Å². The zero-order chi connectivity index (χ0) is 21.7. The van der Waals surface area contributed by atoms with Crippen molar-refractivity contribution in [1.29, 1.82) is 0 Å². The first kappa shape index (κ1) is 22.1. The molecule has 0 fully saturated rings. The molecule has 1 aromatic heterocycles. The van der Waals surface area contributed by atoms with Gasteiger partial charge < -0.3 is 20.7 Å². The third kappa shape index (κ3) is 5.71. The summed E-state index contributed by atoms with van der Waals surface area (Å²) in [4.78, 5) is 22.0. The molecule has 3 rings (SSSR count). The van der Waals surface area contributed by atoms with Crippen LogP contribution in [0.15, 0.2) is 41.1 Å². The predicted octanol–water partition coefficient (Wildman–Crippen LogP) is 3.44. The number of nitrogens with two attached hydrogens (primary N) is 1. The Kier molecular flexibility index (Phi) is 7.30. The minimum atomic E-state index is -0.188. The second kappa shape index (κ2) is 9.92. The second-order valence-electron chi connectivity index (χ2n) is 6.75. The summed E-state index contributed by atoms with van der Waals surface area (Å²) in [6.07, 6.45) is 1.46. The molecule has 8 nitrogen and oxygen atoms in total. The molecule has 157 valence electrons. The summed E-state index contributed by atoms with van der Waals surface area (Å²) < 4.78 is 6.51. The van der Waals surface area contributed by atoms with Crippen LogP contribution in [0.5, 0.6) is 5.75 Å². The van der Waals surface area contributed by atoms with E-state index in [2.05, 4.69) is 36.5 Å². The first-order chi connectivity index (χ1) is 14.3. The van der Waals surface area contributed by atoms with Crippen molar-refractivity contribution in [2.45, 2.75) is 0 Å². The number of anilines is 3. The van der Waals surface area contributed by atoms with E-state index in [0.29, 0.717) is 27.8 Å². The number of nitrogen functional groups attached to an aromatic ring is 1. The van der Waals surface area contributed by atoms with Crippen LogP contribution >= 0.6 is 27.5 Å². The Balaban J connectivity index is 1.71. The number of hydrogen-bond acceptors (Lipinski definition) is 7. The molecular formula is C20H21BrClN6O2. The fourth-order valence-corrected chi connectivity index (χ4v) is 3.11. The number of halogens is 2. The van der Waals surface area contributed by atoms with Crippen molar-refractivity contribution in [2.75, 3.05) is 44.8 Å². The van der Waals surface area contributed by atoms with Gasteiger partial charge >= 0.3 is 0 Å². The fourth-order valence-electron chi connectivity index (χ4n) is 2.68. The van der Waals surface area contributed by atoms with Gasteiger partial charge in [0.15, 0.2) is 0 Å². The van der Waals surface area contributed by atoms with E-state index in [0.717, 1.165) is 15.5 Å². The van der Waals surface area contributed by atoms with Crippen LogP contribution in [0.1, 0.15) is 0 Å². The van der Waals surface area contributed by atoms with Crippen molar-refractivity contribution in [3.8, 4) is 5.75 Å². The molecular weight excluding hydrogens is 472 g/mol. The van der Waals surface area contributed by atoms with E-state index in [1.54, 1.807) is 23.1 Å². The maximum atomic E-state index is 11.6. The van der Waals surface area contributed by atoms with E-state index in [1.807, 2.05) is 26.2 Å². The summed E-state index contributed by atoms with van der Waals surface area (Å²) in [7, 11) is 3.63. The molecule has 30 heavy (non-hydrogen) atoms. The van der Waals surface area contributed by atoms with E-state index in [9.17, 15) is 4.79 Å². The molecule has 0 saturated carbocycles. The first-order valence-corrected chi connectivity index (χ1v) is 10.2. The van der Waals surface area contributed by atoms with E-state index < -0.39 is 0 Å². The normalized spacial score (nSPS) is 11.0. The molecule has 0 atom stereocenters. The number of benzene rings is 2. The van der Waals surface area contributed by atoms with Crippen LogP contribution in [0, 0.1) is 0 Å². The van der Waals surface area contributed by atoms with Crippen molar-refractivity contribution in [3.63, 3.8) is 0 Å². The van der Waals surface area contributed by atoms with Gasteiger partial charge in [-0.05, 0) is 54.3 Å². The van der Waals surface area contributed by atoms with Gasteiger partial charge in [-0.2, -0.15) is 0 Å². The molecule has 1 amide bonds. The molecule has 3 N–H and O–H groups in total. The summed E-state index contributed by atoms with van der Waals surface area (Å²) in [6, 6.07) is 9.02. The molecule has 0 aliphatic carbocycles. The van der Waals surface area contributed by atoms with Crippen molar-refractivity contribution in [1.82, 2.24) is 20.2 Å². The van der Waals surface area contributed by atoms with E-state index in [-0.39, 0.29) is 25.6 Å². The lowest BCUT2D eigenvalue weighted by Crippen LogP contribution is -2.30. The predicted molar refractivity (Wildman–Crippen MR) is 122 cm³/mol. The highest BCUT2D eigenvalue weighted by atomic mass is 79.9. The van der Waals surface area contributed by atoms with Gasteiger partial charge in [0.25, 0.3) is 5.91 Å². The highest BCUT2D eigenvalue weighted by Gasteiger charge is 2.11. The summed E-state index contributed by atoms with van der Waals surface area (Å²) in [5.41, 5.74) is 8.05. The smallest absolute Gasteiger partial charge is 0.255 e. The molecule has 0 saturated heterocycles. The fraction of sp³-hybridized carbons (Fsp3) is 0.250. The number of carbonyl (C=O) groups is 1. The Bertz CT molecular complexity index is 1060. The van der Waals surface area contributed by atoms with E-state index >= 15 is 0 Å². The average molecular weight is 493 g/mol. The molecule has 0 bridgehead atoms. The third-order valence-electron chi connectivity index (χ3n) is 4.04.